The van der Waals surface area contributed by atoms with Gasteiger partial charge in [0, 0.05) is 33.8 Å². The third kappa shape index (κ3) is 10.3. The van der Waals surface area contributed by atoms with E-state index in [2.05, 4.69) is 225 Å². The Hall–Kier alpha value is -7.43. The van der Waals surface area contributed by atoms with Gasteiger partial charge in [-0.15, -0.1) is 0 Å². The third-order valence-electron chi connectivity index (χ3n) is 11.4. The SMILES string of the molecule is CC.CCCCc1ccc(-c2nc(-c3ccc(CCC)cc3)nc(-c3cccc(-c4cccc(N(c5ccc(-c6ccccc6)cc5)c5ccc(-c6ccccc6)cc5)c4)c3)n2)cc1. The normalized spacial score (nSPS) is 10.8. The quantitative estimate of drug-likeness (QED) is 0.109. The van der Waals surface area contributed by atoms with Crippen molar-refractivity contribution in [3.8, 4) is 67.5 Å². The van der Waals surface area contributed by atoms with E-state index in [0.717, 1.165) is 64.1 Å². The highest BCUT2D eigenvalue weighted by molar-refractivity contribution is 5.83. The number of aromatic nitrogens is 3. The van der Waals surface area contributed by atoms with Crippen LogP contribution in [0.4, 0.5) is 17.1 Å². The average molecular weight is 833 g/mol. The van der Waals surface area contributed by atoms with Gasteiger partial charge in [0.25, 0.3) is 0 Å². The molecule has 64 heavy (non-hydrogen) atoms. The summed E-state index contributed by atoms with van der Waals surface area (Å²) in [5.74, 6) is 1.99. The predicted molar refractivity (Wildman–Crippen MR) is 271 cm³/mol. The van der Waals surface area contributed by atoms with Gasteiger partial charge in [-0.1, -0.05) is 204 Å². The van der Waals surface area contributed by atoms with Crippen LogP contribution in [-0.4, -0.2) is 15.0 Å². The first-order valence-corrected chi connectivity index (χ1v) is 22.9. The van der Waals surface area contributed by atoms with E-state index < -0.39 is 0 Å². The molecule has 9 aromatic rings. The fraction of sp³-hybridized carbons (Fsp3) is 0.150. The summed E-state index contributed by atoms with van der Waals surface area (Å²) < 4.78 is 0. The van der Waals surface area contributed by atoms with Crippen molar-refractivity contribution in [2.45, 2.75) is 59.8 Å². The lowest BCUT2D eigenvalue weighted by molar-refractivity contribution is 0.795. The fourth-order valence-electron chi connectivity index (χ4n) is 8.05. The largest absolute Gasteiger partial charge is 0.310 e. The summed E-state index contributed by atoms with van der Waals surface area (Å²) in [5.41, 5.74) is 15.7. The van der Waals surface area contributed by atoms with Gasteiger partial charge in [-0.25, -0.2) is 15.0 Å². The molecule has 9 rings (SSSR count). The molecule has 0 N–H and O–H groups in total. The molecule has 0 fully saturated rings. The maximum atomic E-state index is 5.13. The van der Waals surface area contributed by atoms with Gasteiger partial charge in [0.2, 0.25) is 0 Å². The second-order valence-corrected chi connectivity index (χ2v) is 15.8. The lowest BCUT2D eigenvalue weighted by atomic mass is 10.0. The van der Waals surface area contributed by atoms with Crippen LogP contribution < -0.4 is 4.90 Å². The summed E-state index contributed by atoms with van der Waals surface area (Å²) in [7, 11) is 0. The standard InChI is InChI=1S/C58H50N4.C2H6/c1-3-5-15-43-26-30-49(31-27-43)57-59-56(48-28-24-42(14-4-2)25-29-48)60-58(61-57)52-22-12-20-50(40-52)51-21-13-23-55(41-51)62(53-36-32-46(33-37-53)44-16-8-6-9-17-44)54-38-34-47(35-39-54)45-18-10-7-11-19-45;1-2/h6-13,16-41H,3-5,14-15H2,1-2H3;1-2H3. The second-order valence-electron chi connectivity index (χ2n) is 15.8. The van der Waals surface area contributed by atoms with E-state index in [0.29, 0.717) is 17.5 Å². The molecule has 0 aliphatic heterocycles. The predicted octanol–water partition coefficient (Wildman–Crippen LogP) is 16.7. The Kier molecular flexibility index (Phi) is 14.2. The van der Waals surface area contributed by atoms with E-state index in [4.69, 9.17) is 15.0 Å². The van der Waals surface area contributed by atoms with E-state index in [1.54, 1.807) is 0 Å². The van der Waals surface area contributed by atoms with E-state index >= 15 is 0 Å². The number of hydrogen-bond acceptors (Lipinski definition) is 4. The summed E-state index contributed by atoms with van der Waals surface area (Å²) in [6.07, 6.45) is 5.57. The lowest BCUT2D eigenvalue weighted by Gasteiger charge is -2.26. The van der Waals surface area contributed by atoms with Crippen molar-refractivity contribution in [3.05, 3.63) is 217 Å². The molecule has 0 amide bonds. The van der Waals surface area contributed by atoms with Crippen LogP contribution in [0.3, 0.4) is 0 Å². The van der Waals surface area contributed by atoms with Crippen molar-refractivity contribution >= 4 is 17.1 Å². The zero-order valence-electron chi connectivity index (χ0n) is 37.5. The zero-order chi connectivity index (χ0) is 44.1. The number of hydrogen-bond donors (Lipinski definition) is 0. The van der Waals surface area contributed by atoms with E-state index in [1.165, 1.54) is 46.2 Å². The van der Waals surface area contributed by atoms with Crippen LogP contribution >= 0.6 is 0 Å². The van der Waals surface area contributed by atoms with Crippen LogP contribution in [-0.2, 0) is 12.8 Å². The fourth-order valence-corrected chi connectivity index (χ4v) is 8.05. The van der Waals surface area contributed by atoms with Crippen molar-refractivity contribution in [3.63, 3.8) is 0 Å². The first-order chi connectivity index (χ1) is 31.6. The molecule has 0 radical (unpaired) electrons. The molecule has 4 nitrogen and oxygen atoms in total. The van der Waals surface area contributed by atoms with Crippen LogP contribution in [0.15, 0.2) is 206 Å². The highest BCUT2D eigenvalue weighted by Crippen LogP contribution is 2.39. The van der Waals surface area contributed by atoms with Crippen LogP contribution in [0.5, 0.6) is 0 Å². The number of benzene rings is 8. The molecular weight excluding hydrogens is 777 g/mol. The Labute approximate surface area is 380 Å². The molecule has 0 spiro atoms. The molecule has 0 aliphatic rings. The average Bonchev–Trinajstić information content (AvgIpc) is 3.38. The molecule has 316 valence electrons. The van der Waals surface area contributed by atoms with Crippen LogP contribution in [0.2, 0.25) is 0 Å². The number of aryl methyl sites for hydroxylation is 2. The molecule has 0 saturated carbocycles. The van der Waals surface area contributed by atoms with E-state index in [9.17, 15) is 0 Å². The lowest BCUT2D eigenvalue weighted by Crippen LogP contribution is -2.10. The second kappa shape index (κ2) is 21.1. The number of anilines is 3. The minimum Gasteiger partial charge on any atom is -0.310 e. The first-order valence-electron chi connectivity index (χ1n) is 22.9. The Morgan fingerprint density at radius 3 is 1.19 bits per heavy atom. The van der Waals surface area contributed by atoms with Crippen molar-refractivity contribution in [1.82, 2.24) is 15.0 Å². The summed E-state index contributed by atoms with van der Waals surface area (Å²) in [5, 5.41) is 0. The minimum absolute atomic E-state index is 0.648. The number of rotatable bonds is 14. The highest BCUT2D eigenvalue weighted by Gasteiger charge is 2.17. The molecule has 0 atom stereocenters. The topological polar surface area (TPSA) is 41.9 Å². The van der Waals surface area contributed by atoms with Gasteiger partial charge in [0.05, 0.1) is 0 Å². The van der Waals surface area contributed by atoms with Gasteiger partial charge < -0.3 is 4.90 Å². The zero-order valence-corrected chi connectivity index (χ0v) is 37.5. The first kappa shape index (κ1) is 43.2. The Bertz CT molecular complexity index is 2770. The van der Waals surface area contributed by atoms with Crippen molar-refractivity contribution in [1.29, 1.82) is 0 Å². The molecular formula is C60H56N4. The van der Waals surface area contributed by atoms with Gasteiger partial charge >= 0.3 is 0 Å². The minimum atomic E-state index is 0.648. The van der Waals surface area contributed by atoms with E-state index in [1.807, 2.05) is 13.8 Å². The molecule has 8 aromatic carbocycles. The summed E-state index contributed by atoms with van der Waals surface area (Å²) in [6.45, 7) is 8.44. The molecule has 4 heteroatoms. The Morgan fingerprint density at radius 2 is 0.703 bits per heavy atom. The number of nitrogens with zero attached hydrogens (tertiary/aromatic N) is 4. The molecule has 0 bridgehead atoms. The molecule has 1 aromatic heterocycles. The summed E-state index contributed by atoms with van der Waals surface area (Å²) in [4.78, 5) is 17.6. The van der Waals surface area contributed by atoms with Crippen LogP contribution in [0, 0.1) is 0 Å². The van der Waals surface area contributed by atoms with Crippen molar-refractivity contribution < 1.29 is 0 Å². The van der Waals surface area contributed by atoms with Gasteiger partial charge in [0.15, 0.2) is 17.5 Å². The maximum Gasteiger partial charge on any atom is 0.164 e. The molecule has 1 heterocycles. The number of unbranched alkanes of at least 4 members (excludes halogenated alkanes) is 1. The molecule has 0 unspecified atom stereocenters. The van der Waals surface area contributed by atoms with E-state index in [-0.39, 0.29) is 0 Å². The monoisotopic (exact) mass is 832 g/mol. The van der Waals surface area contributed by atoms with Crippen LogP contribution in [0.25, 0.3) is 67.5 Å². The third-order valence-corrected chi connectivity index (χ3v) is 11.4. The molecule has 0 saturated heterocycles. The summed E-state index contributed by atoms with van der Waals surface area (Å²) in [6, 6.07) is 73.5. The Morgan fingerprint density at radius 1 is 0.312 bits per heavy atom. The molecule has 0 aliphatic carbocycles. The van der Waals surface area contributed by atoms with Gasteiger partial charge in [-0.2, -0.15) is 0 Å². The van der Waals surface area contributed by atoms with Gasteiger partial charge in [-0.3, -0.25) is 0 Å². The van der Waals surface area contributed by atoms with Gasteiger partial charge in [0.1, 0.15) is 0 Å². The van der Waals surface area contributed by atoms with Crippen molar-refractivity contribution in [2.75, 3.05) is 4.90 Å². The van der Waals surface area contributed by atoms with Gasteiger partial charge in [-0.05, 0) is 106 Å². The van der Waals surface area contributed by atoms with Crippen molar-refractivity contribution in [2.24, 2.45) is 0 Å². The smallest absolute Gasteiger partial charge is 0.164 e. The highest BCUT2D eigenvalue weighted by atomic mass is 15.1. The van der Waals surface area contributed by atoms with Crippen LogP contribution in [0.1, 0.15) is 58.1 Å². The maximum absolute atomic E-state index is 5.13. The summed E-state index contributed by atoms with van der Waals surface area (Å²) >= 11 is 0. The Balaban J connectivity index is 0.00000276.